The van der Waals surface area contributed by atoms with Gasteiger partial charge in [-0.25, -0.2) is 0 Å². The van der Waals surface area contributed by atoms with Gasteiger partial charge in [-0.3, -0.25) is 9.69 Å². The van der Waals surface area contributed by atoms with Gasteiger partial charge in [0.25, 0.3) is 0 Å². The first kappa shape index (κ1) is 13.8. The normalized spacial score (nSPS) is 35.2. The van der Waals surface area contributed by atoms with Gasteiger partial charge in [-0.2, -0.15) is 5.26 Å². The second kappa shape index (κ2) is 6.11. The summed E-state index contributed by atoms with van der Waals surface area (Å²) in [7, 11) is 0. The number of hydrogen-bond donors (Lipinski definition) is 1. The van der Waals surface area contributed by atoms with Gasteiger partial charge < -0.3 is 10.1 Å². The summed E-state index contributed by atoms with van der Waals surface area (Å²) in [5, 5.41) is 12.4. The Morgan fingerprint density at radius 1 is 1.25 bits per heavy atom. The van der Waals surface area contributed by atoms with Crippen LogP contribution in [0.4, 0.5) is 0 Å². The topological polar surface area (TPSA) is 65.4 Å². The van der Waals surface area contributed by atoms with Crippen LogP contribution >= 0.6 is 0 Å². The average Bonchev–Trinajstić information content (AvgIpc) is 3.31. The van der Waals surface area contributed by atoms with Crippen LogP contribution in [0, 0.1) is 17.2 Å². The first-order chi connectivity index (χ1) is 9.79. The number of nitriles is 1. The lowest BCUT2D eigenvalue weighted by atomic mass is 9.83. The Morgan fingerprint density at radius 3 is 2.80 bits per heavy atom. The molecule has 0 aromatic rings. The minimum atomic E-state index is -0.205. The van der Waals surface area contributed by atoms with E-state index in [1.165, 1.54) is 0 Å². The molecule has 3 unspecified atom stereocenters. The Kier molecular flexibility index (Phi) is 4.23. The zero-order valence-electron chi connectivity index (χ0n) is 11.9. The Morgan fingerprint density at radius 2 is 2.05 bits per heavy atom. The van der Waals surface area contributed by atoms with Crippen LogP contribution in [-0.4, -0.2) is 48.7 Å². The maximum absolute atomic E-state index is 12.4. The van der Waals surface area contributed by atoms with E-state index >= 15 is 0 Å². The van der Waals surface area contributed by atoms with Crippen LogP contribution in [0.15, 0.2) is 0 Å². The predicted molar refractivity (Wildman–Crippen MR) is 73.8 cm³/mol. The monoisotopic (exact) mass is 277 g/mol. The smallest absolute Gasteiger partial charge is 0.239 e. The third kappa shape index (κ3) is 2.97. The Balaban J connectivity index is 1.70. The standard InChI is InChI=1S/C15H23N3O2/c16-9-11-3-1-2-4-13(11)18-7-8-20-10-14(18)15(19)17-12-5-6-12/h11-14H,1-8,10H2,(H,17,19). The summed E-state index contributed by atoms with van der Waals surface area (Å²) in [6, 6.07) is 2.85. The fourth-order valence-electron chi connectivity index (χ4n) is 3.42. The lowest BCUT2D eigenvalue weighted by Gasteiger charge is -2.43. The molecule has 110 valence electrons. The van der Waals surface area contributed by atoms with Gasteiger partial charge in [-0.1, -0.05) is 12.8 Å². The summed E-state index contributed by atoms with van der Waals surface area (Å²) in [4.78, 5) is 14.6. The minimum Gasteiger partial charge on any atom is -0.378 e. The molecular weight excluding hydrogens is 254 g/mol. The molecule has 1 amide bonds. The van der Waals surface area contributed by atoms with E-state index in [1.54, 1.807) is 0 Å². The van der Waals surface area contributed by atoms with E-state index < -0.39 is 0 Å². The van der Waals surface area contributed by atoms with Gasteiger partial charge in [0.15, 0.2) is 0 Å². The fourth-order valence-corrected chi connectivity index (χ4v) is 3.42. The molecule has 3 rings (SSSR count). The van der Waals surface area contributed by atoms with Gasteiger partial charge in [0.2, 0.25) is 5.91 Å². The average molecular weight is 277 g/mol. The number of carbonyl (C=O) groups excluding carboxylic acids is 1. The Labute approximate surface area is 120 Å². The number of rotatable bonds is 3. The van der Waals surface area contributed by atoms with Crippen molar-refractivity contribution in [3.63, 3.8) is 0 Å². The number of morpholine rings is 1. The van der Waals surface area contributed by atoms with Gasteiger partial charge in [-0.05, 0) is 25.7 Å². The molecule has 5 nitrogen and oxygen atoms in total. The first-order valence-corrected chi connectivity index (χ1v) is 7.83. The quantitative estimate of drug-likeness (QED) is 0.837. The van der Waals surface area contributed by atoms with Crippen molar-refractivity contribution < 1.29 is 9.53 Å². The summed E-state index contributed by atoms with van der Waals surface area (Å²) in [6.07, 6.45) is 6.50. The minimum absolute atomic E-state index is 0.0677. The third-order valence-corrected chi connectivity index (χ3v) is 4.72. The fraction of sp³-hybridized carbons (Fsp3) is 0.867. The molecule has 0 bridgehead atoms. The van der Waals surface area contributed by atoms with Crippen LogP contribution in [0.3, 0.4) is 0 Å². The van der Waals surface area contributed by atoms with Crippen molar-refractivity contribution in [1.82, 2.24) is 10.2 Å². The molecule has 3 atom stereocenters. The number of carbonyl (C=O) groups is 1. The van der Waals surface area contributed by atoms with Gasteiger partial charge in [0.05, 0.1) is 25.2 Å². The highest BCUT2D eigenvalue weighted by atomic mass is 16.5. The lowest BCUT2D eigenvalue weighted by molar-refractivity contribution is -0.136. The number of nitrogens with zero attached hydrogens (tertiary/aromatic N) is 2. The van der Waals surface area contributed by atoms with Gasteiger partial charge in [0.1, 0.15) is 6.04 Å². The number of amides is 1. The van der Waals surface area contributed by atoms with Crippen molar-refractivity contribution in [1.29, 1.82) is 5.26 Å². The molecular formula is C15H23N3O2. The Hall–Kier alpha value is -1.12. The van der Waals surface area contributed by atoms with Crippen LogP contribution in [0.2, 0.25) is 0 Å². The van der Waals surface area contributed by atoms with E-state index in [0.717, 1.165) is 45.1 Å². The highest BCUT2D eigenvalue weighted by molar-refractivity contribution is 5.82. The zero-order valence-corrected chi connectivity index (χ0v) is 11.9. The largest absolute Gasteiger partial charge is 0.378 e. The molecule has 20 heavy (non-hydrogen) atoms. The SMILES string of the molecule is N#CC1CCCCC1N1CCOCC1C(=O)NC1CC1. The maximum atomic E-state index is 12.4. The molecule has 1 saturated heterocycles. The van der Waals surface area contributed by atoms with Gasteiger partial charge in [-0.15, -0.1) is 0 Å². The number of nitrogens with one attached hydrogen (secondary N) is 1. The van der Waals surface area contributed by atoms with Crippen LogP contribution in [0.1, 0.15) is 38.5 Å². The van der Waals surface area contributed by atoms with Crippen LogP contribution in [0.25, 0.3) is 0 Å². The number of ether oxygens (including phenoxy) is 1. The van der Waals surface area contributed by atoms with Crippen LogP contribution in [-0.2, 0) is 9.53 Å². The molecule has 2 saturated carbocycles. The summed E-state index contributed by atoms with van der Waals surface area (Å²) < 4.78 is 5.51. The second-order valence-corrected chi connectivity index (χ2v) is 6.20. The molecule has 1 aliphatic heterocycles. The summed E-state index contributed by atoms with van der Waals surface area (Å²) >= 11 is 0. The number of hydrogen-bond acceptors (Lipinski definition) is 4. The van der Waals surface area contributed by atoms with Crippen LogP contribution < -0.4 is 5.32 Å². The van der Waals surface area contributed by atoms with E-state index in [2.05, 4.69) is 16.3 Å². The molecule has 3 aliphatic rings. The Bertz CT molecular complexity index is 402. The maximum Gasteiger partial charge on any atom is 0.239 e. The van der Waals surface area contributed by atoms with E-state index in [-0.39, 0.29) is 23.9 Å². The molecule has 2 aliphatic carbocycles. The summed E-state index contributed by atoms with van der Waals surface area (Å²) in [5.74, 6) is 0.160. The molecule has 1 heterocycles. The van der Waals surface area contributed by atoms with Crippen molar-refractivity contribution in [2.24, 2.45) is 5.92 Å². The summed E-state index contributed by atoms with van der Waals surface area (Å²) in [5.41, 5.74) is 0. The van der Waals surface area contributed by atoms with E-state index in [0.29, 0.717) is 19.3 Å². The molecule has 1 N–H and O–H groups in total. The first-order valence-electron chi connectivity index (χ1n) is 7.83. The molecule has 0 aromatic heterocycles. The highest BCUT2D eigenvalue weighted by Gasteiger charge is 2.40. The second-order valence-electron chi connectivity index (χ2n) is 6.20. The van der Waals surface area contributed by atoms with E-state index in [9.17, 15) is 10.1 Å². The molecule has 3 fully saturated rings. The summed E-state index contributed by atoms with van der Waals surface area (Å²) in [6.45, 7) is 1.90. The lowest BCUT2D eigenvalue weighted by Crippen LogP contribution is -2.59. The predicted octanol–water partition coefficient (Wildman–Crippen LogP) is 1.05. The third-order valence-electron chi connectivity index (χ3n) is 4.72. The van der Waals surface area contributed by atoms with Crippen molar-refractivity contribution in [3.05, 3.63) is 0 Å². The van der Waals surface area contributed by atoms with E-state index in [1.807, 2.05) is 0 Å². The van der Waals surface area contributed by atoms with Gasteiger partial charge in [0, 0.05) is 18.6 Å². The molecule has 0 aromatic carbocycles. The van der Waals surface area contributed by atoms with E-state index in [4.69, 9.17) is 4.74 Å². The van der Waals surface area contributed by atoms with Crippen molar-refractivity contribution in [3.8, 4) is 6.07 Å². The van der Waals surface area contributed by atoms with Crippen molar-refractivity contribution in [2.75, 3.05) is 19.8 Å². The molecule has 5 heteroatoms. The van der Waals surface area contributed by atoms with Gasteiger partial charge >= 0.3 is 0 Å². The van der Waals surface area contributed by atoms with Crippen molar-refractivity contribution >= 4 is 5.91 Å². The van der Waals surface area contributed by atoms with Crippen molar-refractivity contribution in [2.45, 2.75) is 56.7 Å². The molecule has 0 spiro atoms. The zero-order chi connectivity index (χ0) is 13.9. The molecule has 0 radical (unpaired) electrons. The van der Waals surface area contributed by atoms with Crippen LogP contribution in [0.5, 0.6) is 0 Å². The highest BCUT2D eigenvalue weighted by Crippen LogP contribution is 2.30.